The third kappa shape index (κ3) is 3.39. The Bertz CT molecular complexity index is 477. The van der Waals surface area contributed by atoms with Gasteiger partial charge in [0.05, 0.1) is 7.11 Å². The zero-order valence-corrected chi connectivity index (χ0v) is 13.1. The maximum atomic E-state index is 5.74. The van der Waals surface area contributed by atoms with Gasteiger partial charge in [-0.3, -0.25) is 9.80 Å². The van der Waals surface area contributed by atoms with Crippen molar-refractivity contribution in [1.29, 1.82) is 0 Å². The molecule has 0 spiro atoms. The van der Waals surface area contributed by atoms with Crippen molar-refractivity contribution in [2.45, 2.75) is 38.4 Å². The summed E-state index contributed by atoms with van der Waals surface area (Å²) < 4.78 is 5.45. The fourth-order valence-corrected chi connectivity index (χ4v) is 3.68. The van der Waals surface area contributed by atoms with Crippen molar-refractivity contribution in [1.82, 2.24) is 9.80 Å². The number of ether oxygens (including phenoxy) is 1. The minimum atomic E-state index is 0.532. The summed E-state index contributed by atoms with van der Waals surface area (Å²) >= 11 is 0. The van der Waals surface area contributed by atoms with E-state index < -0.39 is 0 Å². The average molecular weight is 289 g/mol. The number of methoxy groups -OCH3 is 1. The summed E-state index contributed by atoms with van der Waals surface area (Å²) in [6, 6.07) is 7.22. The molecule has 1 unspecified atom stereocenters. The Morgan fingerprint density at radius 2 is 2.14 bits per heavy atom. The van der Waals surface area contributed by atoms with Gasteiger partial charge >= 0.3 is 0 Å². The number of piperidine rings is 1. The SMILES string of the molecule is COc1cc(CN2CCN3CCCCC3C2)ccc1CN. The molecule has 2 saturated heterocycles. The fraction of sp³-hybridized carbons (Fsp3) is 0.647. The highest BCUT2D eigenvalue weighted by Gasteiger charge is 2.28. The van der Waals surface area contributed by atoms with E-state index in [1.807, 2.05) is 0 Å². The van der Waals surface area contributed by atoms with Crippen molar-refractivity contribution >= 4 is 0 Å². The lowest BCUT2D eigenvalue weighted by Crippen LogP contribution is -2.54. The van der Waals surface area contributed by atoms with Crippen molar-refractivity contribution in [3.63, 3.8) is 0 Å². The lowest BCUT2D eigenvalue weighted by molar-refractivity contribution is 0.0456. The van der Waals surface area contributed by atoms with Crippen molar-refractivity contribution in [2.75, 3.05) is 33.3 Å². The van der Waals surface area contributed by atoms with E-state index >= 15 is 0 Å². The van der Waals surface area contributed by atoms with Gasteiger partial charge in [0.2, 0.25) is 0 Å². The second-order valence-electron chi connectivity index (χ2n) is 6.27. The molecule has 0 aliphatic carbocycles. The van der Waals surface area contributed by atoms with E-state index in [0.29, 0.717) is 6.54 Å². The van der Waals surface area contributed by atoms with E-state index in [1.54, 1.807) is 7.11 Å². The molecule has 2 aliphatic rings. The van der Waals surface area contributed by atoms with Crippen LogP contribution in [0.15, 0.2) is 18.2 Å². The summed E-state index contributed by atoms with van der Waals surface area (Å²) in [5.41, 5.74) is 8.15. The maximum Gasteiger partial charge on any atom is 0.123 e. The summed E-state index contributed by atoms with van der Waals surface area (Å²) in [6.07, 6.45) is 4.15. The Balaban J connectivity index is 1.64. The van der Waals surface area contributed by atoms with Gasteiger partial charge in [-0.2, -0.15) is 0 Å². The molecule has 0 bridgehead atoms. The minimum Gasteiger partial charge on any atom is -0.496 e. The number of hydrogen-bond donors (Lipinski definition) is 1. The van der Waals surface area contributed by atoms with E-state index in [-0.39, 0.29) is 0 Å². The van der Waals surface area contributed by atoms with Gasteiger partial charge in [-0.1, -0.05) is 18.6 Å². The number of fused-ring (bicyclic) bond motifs is 1. The fourth-order valence-electron chi connectivity index (χ4n) is 3.68. The zero-order chi connectivity index (χ0) is 14.7. The second kappa shape index (κ2) is 6.77. The van der Waals surface area contributed by atoms with Crippen LogP contribution in [0.2, 0.25) is 0 Å². The van der Waals surface area contributed by atoms with E-state index in [9.17, 15) is 0 Å². The molecule has 4 heteroatoms. The first-order valence-electron chi connectivity index (χ1n) is 8.12. The molecule has 21 heavy (non-hydrogen) atoms. The number of nitrogens with zero attached hydrogens (tertiary/aromatic N) is 2. The molecule has 2 aliphatic heterocycles. The van der Waals surface area contributed by atoms with E-state index in [1.165, 1.54) is 51.0 Å². The highest BCUT2D eigenvalue weighted by atomic mass is 16.5. The first-order valence-corrected chi connectivity index (χ1v) is 8.12. The van der Waals surface area contributed by atoms with Crippen molar-refractivity contribution < 1.29 is 4.74 Å². The lowest BCUT2D eigenvalue weighted by Gasteiger charge is -2.44. The summed E-state index contributed by atoms with van der Waals surface area (Å²) in [4.78, 5) is 5.27. The Morgan fingerprint density at radius 3 is 2.95 bits per heavy atom. The number of hydrogen-bond acceptors (Lipinski definition) is 4. The molecular weight excluding hydrogens is 262 g/mol. The van der Waals surface area contributed by atoms with Crippen LogP contribution in [0.25, 0.3) is 0 Å². The van der Waals surface area contributed by atoms with E-state index in [4.69, 9.17) is 10.5 Å². The summed E-state index contributed by atoms with van der Waals surface area (Å²) in [5.74, 6) is 0.923. The van der Waals surface area contributed by atoms with Crippen LogP contribution in [0.5, 0.6) is 5.75 Å². The molecular formula is C17H27N3O. The second-order valence-corrected chi connectivity index (χ2v) is 6.27. The van der Waals surface area contributed by atoms with Crippen LogP contribution in [0.1, 0.15) is 30.4 Å². The Labute approximate surface area is 127 Å². The molecule has 116 valence electrons. The molecule has 2 fully saturated rings. The van der Waals surface area contributed by atoms with Crippen molar-refractivity contribution in [3.05, 3.63) is 29.3 Å². The van der Waals surface area contributed by atoms with Gasteiger partial charge in [-0.05, 0) is 31.0 Å². The van der Waals surface area contributed by atoms with Crippen LogP contribution in [-0.4, -0.2) is 49.1 Å². The lowest BCUT2D eigenvalue weighted by atomic mass is 9.99. The standard InChI is InChI=1S/C17H27N3O/c1-21-17-10-14(5-6-15(17)11-18)12-19-8-9-20-7-3-2-4-16(20)13-19/h5-6,10,16H,2-4,7-9,11-13,18H2,1H3. The molecule has 0 radical (unpaired) electrons. The first kappa shape index (κ1) is 14.8. The topological polar surface area (TPSA) is 41.7 Å². The molecule has 0 amide bonds. The monoisotopic (exact) mass is 289 g/mol. The van der Waals surface area contributed by atoms with E-state index in [0.717, 1.165) is 23.9 Å². The average Bonchev–Trinajstić information content (AvgIpc) is 2.54. The number of nitrogens with two attached hydrogens (primary N) is 1. The Morgan fingerprint density at radius 1 is 1.24 bits per heavy atom. The summed E-state index contributed by atoms with van der Waals surface area (Å²) in [5, 5.41) is 0. The van der Waals surface area contributed by atoms with Gasteiger partial charge < -0.3 is 10.5 Å². The van der Waals surface area contributed by atoms with Crippen LogP contribution >= 0.6 is 0 Å². The molecule has 0 aromatic heterocycles. The summed E-state index contributed by atoms with van der Waals surface area (Å²) in [7, 11) is 1.72. The van der Waals surface area contributed by atoms with Gasteiger partial charge in [0.1, 0.15) is 5.75 Å². The predicted octanol–water partition coefficient (Wildman–Crippen LogP) is 1.82. The van der Waals surface area contributed by atoms with Crippen LogP contribution in [0, 0.1) is 0 Å². The largest absolute Gasteiger partial charge is 0.496 e. The molecule has 1 aromatic rings. The molecule has 2 heterocycles. The molecule has 0 saturated carbocycles. The van der Waals surface area contributed by atoms with E-state index in [2.05, 4.69) is 28.0 Å². The van der Waals surface area contributed by atoms with Crippen LogP contribution in [-0.2, 0) is 13.1 Å². The third-order valence-electron chi connectivity index (χ3n) is 4.90. The quantitative estimate of drug-likeness (QED) is 0.918. The molecule has 4 nitrogen and oxygen atoms in total. The van der Waals surface area contributed by atoms with Gasteiger partial charge in [-0.25, -0.2) is 0 Å². The number of piperazine rings is 1. The molecule has 1 atom stereocenters. The predicted molar refractivity (Wildman–Crippen MR) is 85.4 cm³/mol. The summed E-state index contributed by atoms with van der Waals surface area (Å²) in [6.45, 7) is 6.47. The van der Waals surface area contributed by atoms with Gasteiger partial charge in [0.25, 0.3) is 0 Å². The number of benzene rings is 1. The van der Waals surface area contributed by atoms with Crippen molar-refractivity contribution in [2.24, 2.45) is 5.73 Å². The highest BCUT2D eigenvalue weighted by molar-refractivity contribution is 5.37. The van der Waals surface area contributed by atoms with Crippen LogP contribution < -0.4 is 10.5 Å². The molecule has 1 aromatic carbocycles. The maximum absolute atomic E-state index is 5.74. The smallest absolute Gasteiger partial charge is 0.123 e. The normalized spacial score (nSPS) is 23.8. The molecule has 3 rings (SSSR count). The Kier molecular flexibility index (Phi) is 4.78. The van der Waals surface area contributed by atoms with Crippen LogP contribution in [0.3, 0.4) is 0 Å². The molecule has 2 N–H and O–H groups in total. The van der Waals surface area contributed by atoms with Gasteiger partial charge in [0, 0.05) is 44.3 Å². The highest BCUT2D eigenvalue weighted by Crippen LogP contribution is 2.24. The van der Waals surface area contributed by atoms with Gasteiger partial charge in [0.15, 0.2) is 0 Å². The Hall–Kier alpha value is -1.10. The van der Waals surface area contributed by atoms with Crippen LogP contribution in [0.4, 0.5) is 0 Å². The minimum absolute atomic E-state index is 0.532. The van der Waals surface area contributed by atoms with Crippen molar-refractivity contribution in [3.8, 4) is 5.75 Å². The number of rotatable bonds is 4. The van der Waals surface area contributed by atoms with Gasteiger partial charge in [-0.15, -0.1) is 0 Å². The zero-order valence-electron chi connectivity index (χ0n) is 13.1. The first-order chi connectivity index (χ1) is 10.3. The third-order valence-corrected chi connectivity index (χ3v) is 4.90.